The minimum Gasteiger partial charge on any atom is -0.453 e. The quantitative estimate of drug-likeness (QED) is 0.349. The second kappa shape index (κ2) is 8.87. The summed E-state index contributed by atoms with van der Waals surface area (Å²) in [6, 6.07) is 9.24. The van der Waals surface area contributed by atoms with Gasteiger partial charge in [0.05, 0.1) is 0 Å². The molecule has 19 heavy (non-hydrogen) atoms. The highest BCUT2D eigenvalue weighted by atomic mass is 32.2. The van der Waals surface area contributed by atoms with Gasteiger partial charge in [-0.2, -0.15) is 12.6 Å². The average Bonchev–Trinajstić information content (AvgIpc) is 2.41. The molecule has 0 aliphatic heterocycles. The molecule has 0 aliphatic carbocycles. The summed E-state index contributed by atoms with van der Waals surface area (Å²) in [5, 5.41) is 2.49. The molecule has 1 aromatic carbocycles. The number of carbonyl (C=O) groups is 2. The maximum Gasteiger partial charge on any atom is 0.330 e. The van der Waals surface area contributed by atoms with Gasteiger partial charge in [0, 0.05) is 18.4 Å². The van der Waals surface area contributed by atoms with Crippen LogP contribution in [0, 0.1) is 0 Å². The summed E-state index contributed by atoms with van der Waals surface area (Å²) in [4.78, 5) is 22.5. The Hall–Kier alpha value is -1.14. The second-order valence-electron chi connectivity index (χ2n) is 3.85. The Morgan fingerprint density at radius 1 is 1.37 bits per heavy atom. The van der Waals surface area contributed by atoms with Crippen molar-refractivity contribution in [3.8, 4) is 0 Å². The smallest absolute Gasteiger partial charge is 0.330 e. The van der Waals surface area contributed by atoms with Gasteiger partial charge in [0.15, 0.2) is 0 Å². The molecule has 0 radical (unpaired) electrons. The first-order valence-corrected chi connectivity index (χ1v) is 7.58. The van der Waals surface area contributed by atoms with Crippen LogP contribution in [0.3, 0.4) is 0 Å². The first kappa shape index (κ1) is 15.9. The van der Waals surface area contributed by atoms with E-state index in [-0.39, 0.29) is 17.6 Å². The summed E-state index contributed by atoms with van der Waals surface area (Å²) >= 11 is 5.51. The molecule has 1 amide bonds. The van der Waals surface area contributed by atoms with Crippen molar-refractivity contribution in [2.24, 2.45) is 0 Å². The molecule has 0 bridgehead atoms. The summed E-state index contributed by atoms with van der Waals surface area (Å²) < 4.78 is 5.08. The highest BCUT2D eigenvalue weighted by molar-refractivity contribution is 7.98. The fourth-order valence-electron chi connectivity index (χ4n) is 1.36. The Morgan fingerprint density at radius 3 is 2.63 bits per heavy atom. The lowest BCUT2D eigenvalue weighted by Crippen LogP contribution is -2.42. The predicted molar refractivity (Wildman–Crippen MR) is 80.2 cm³/mol. The van der Waals surface area contributed by atoms with E-state index >= 15 is 0 Å². The van der Waals surface area contributed by atoms with Crippen LogP contribution in [-0.4, -0.2) is 29.6 Å². The number of benzene rings is 1. The molecule has 1 atom stereocenters. The predicted octanol–water partition coefficient (Wildman–Crippen LogP) is 1.85. The maximum absolute atomic E-state index is 11.6. The monoisotopic (exact) mass is 299 g/mol. The normalized spacial score (nSPS) is 11.7. The van der Waals surface area contributed by atoms with Crippen LogP contribution in [0.5, 0.6) is 0 Å². The zero-order valence-corrected chi connectivity index (χ0v) is 12.4. The highest BCUT2D eigenvalue weighted by Crippen LogP contribution is 2.12. The fraction of sp³-hybridized carbons (Fsp3) is 0.385. The Morgan fingerprint density at radius 2 is 2.05 bits per heavy atom. The van der Waals surface area contributed by atoms with E-state index in [0.29, 0.717) is 0 Å². The van der Waals surface area contributed by atoms with Crippen molar-refractivity contribution < 1.29 is 14.3 Å². The molecule has 0 spiro atoms. The number of ether oxygens (including phenoxy) is 1. The standard InChI is InChI=1S/C13H17NO3S2/c1-10(15)14-12(7-18)13(16)17-9-19-8-11-5-3-2-4-6-11/h2-6,12,18H,7-9H2,1H3,(H,14,15)/t12-/m0/s1. The van der Waals surface area contributed by atoms with Crippen molar-refractivity contribution in [2.45, 2.75) is 18.7 Å². The van der Waals surface area contributed by atoms with Crippen molar-refractivity contribution in [3.63, 3.8) is 0 Å². The van der Waals surface area contributed by atoms with E-state index < -0.39 is 12.0 Å². The van der Waals surface area contributed by atoms with Crippen LogP contribution >= 0.6 is 24.4 Å². The van der Waals surface area contributed by atoms with Crippen LogP contribution < -0.4 is 5.32 Å². The van der Waals surface area contributed by atoms with Crippen molar-refractivity contribution in [3.05, 3.63) is 35.9 Å². The summed E-state index contributed by atoms with van der Waals surface area (Å²) in [5.41, 5.74) is 1.18. The summed E-state index contributed by atoms with van der Waals surface area (Å²) in [5.74, 6) is 0.540. The number of thiol groups is 1. The van der Waals surface area contributed by atoms with Gasteiger partial charge in [-0.1, -0.05) is 30.3 Å². The molecule has 1 N–H and O–H groups in total. The van der Waals surface area contributed by atoms with Crippen LogP contribution in [0.4, 0.5) is 0 Å². The second-order valence-corrected chi connectivity index (χ2v) is 5.15. The lowest BCUT2D eigenvalue weighted by molar-refractivity contribution is -0.144. The number of rotatable bonds is 7. The number of hydrogen-bond donors (Lipinski definition) is 2. The zero-order valence-electron chi connectivity index (χ0n) is 10.7. The summed E-state index contributed by atoms with van der Waals surface area (Å²) in [6.07, 6.45) is 0. The molecule has 1 rings (SSSR count). The van der Waals surface area contributed by atoms with E-state index in [0.717, 1.165) is 5.75 Å². The van der Waals surface area contributed by atoms with Gasteiger partial charge < -0.3 is 10.1 Å². The molecule has 0 aromatic heterocycles. The third-order valence-corrected chi connectivity index (χ3v) is 3.43. The molecule has 0 saturated heterocycles. The molecule has 0 aliphatic rings. The lowest BCUT2D eigenvalue weighted by Gasteiger charge is -2.14. The van der Waals surface area contributed by atoms with E-state index in [9.17, 15) is 9.59 Å². The zero-order chi connectivity index (χ0) is 14.1. The Kier molecular flexibility index (Phi) is 7.43. The van der Waals surface area contributed by atoms with E-state index in [1.165, 1.54) is 24.2 Å². The van der Waals surface area contributed by atoms with E-state index in [1.54, 1.807) is 0 Å². The molecule has 0 unspecified atom stereocenters. The molecule has 4 nitrogen and oxygen atoms in total. The maximum atomic E-state index is 11.6. The van der Waals surface area contributed by atoms with Crippen molar-refractivity contribution in [1.29, 1.82) is 0 Å². The topological polar surface area (TPSA) is 55.4 Å². The SMILES string of the molecule is CC(=O)N[C@@H](CS)C(=O)OCSCc1ccccc1. The fourth-order valence-corrected chi connectivity index (χ4v) is 2.31. The summed E-state index contributed by atoms with van der Waals surface area (Å²) in [6.45, 7) is 1.36. The minimum atomic E-state index is -0.682. The van der Waals surface area contributed by atoms with Crippen molar-refractivity contribution in [2.75, 3.05) is 11.7 Å². The van der Waals surface area contributed by atoms with Gasteiger partial charge in [0.25, 0.3) is 0 Å². The molecule has 0 saturated carbocycles. The third kappa shape index (κ3) is 6.54. The van der Waals surface area contributed by atoms with Gasteiger partial charge in [-0.15, -0.1) is 11.8 Å². The number of amides is 1. The molecule has 1 aromatic rings. The van der Waals surface area contributed by atoms with Gasteiger partial charge in [0.2, 0.25) is 5.91 Å². The molecular formula is C13H17NO3S2. The van der Waals surface area contributed by atoms with Gasteiger partial charge in [-0.3, -0.25) is 4.79 Å². The number of carbonyl (C=O) groups excluding carboxylic acids is 2. The van der Waals surface area contributed by atoms with Crippen LogP contribution in [0.25, 0.3) is 0 Å². The largest absolute Gasteiger partial charge is 0.453 e. The van der Waals surface area contributed by atoms with Gasteiger partial charge in [-0.25, -0.2) is 4.79 Å². The summed E-state index contributed by atoms with van der Waals surface area (Å²) in [7, 11) is 0. The number of esters is 1. The first-order valence-electron chi connectivity index (χ1n) is 5.79. The Bertz CT molecular complexity index is 412. The minimum absolute atomic E-state index is 0.224. The Balaban J connectivity index is 2.24. The number of thioether (sulfide) groups is 1. The van der Waals surface area contributed by atoms with Crippen LogP contribution in [0.2, 0.25) is 0 Å². The van der Waals surface area contributed by atoms with E-state index in [1.807, 2.05) is 30.3 Å². The van der Waals surface area contributed by atoms with E-state index in [2.05, 4.69) is 17.9 Å². The van der Waals surface area contributed by atoms with Gasteiger partial charge in [0.1, 0.15) is 12.0 Å². The third-order valence-electron chi connectivity index (χ3n) is 2.24. The van der Waals surface area contributed by atoms with Crippen LogP contribution in [-0.2, 0) is 20.1 Å². The van der Waals surface area contributed by atoms with E-state index in [4.69, 9.17) is 4.74 Å². The van der Waals surface area contributed by atoms with Crippen molar-refractivity contribution >= 4 is 36.3 Å². The van der Waals surface area contributed by atoms with Crippen LogP contribution in [0.1, 0.15) is 12.5 Å². The molecule has 0 fully saturated rings. The first-order chi connectivity index (χ1) is 9.13. The van der Waals surface area contributed by atoms with Gasteiger partial charge in [-0.05, 0) is 5.56 Å². The molecular weight excluding hydrogens is 282 g/mol. The Labute approximate surface area is 122 Å². The molecule has 6 heteroatoms. The highest BCUT2D eigenvalue weighted by Gasteiger charge is 2.18. The van der Waals surface area contributed by atoms with Gasteiger partial charge >= 0.3 is 5.97 Å². The average molecular weight is 299 g/mol. The van der Waals surface area contributed by atoms with Crippen LogP contribution in [0.15, 0.2) is 30.3 Å². The molecule has 104 valence electrons. The number of hydrogen-bond acceptors (Lipinski definition) is 5. The van der Waals surface area contributed by atoms with Crippen molar-refractivity contribution in [1.82, 2.24) is 5.32 Å². The molecule has 0 heterocycles. The lowest BCUT2D eigenvalue weighted by atomic mass is 10.2. The number of nitrogens with one attached hydrogen (secondary N) is 1.